The van der Waals surface area contributed by atoms with Crippen molar-refractivity contribution in [2.45, 2.75) is 25.0 Å². The summed E-state index contributed by atoms with van der Waals surface area (Å²) in [4.78, 5) is 12.7. The van der Waals surface area contributed by atoms with Gasteiger partial charge in [0.15, 0.2) is 5.60 Å². The molecule has 2 aromatic carbocycles. The zero-order valence-corrected chi connectivity index (χ0v) is 12.6. The highest BCUT2D eigenvalue weighted by molar-refractivity contribution is 5.90. The molecule has 3 N–H and O–H groups in total. The minimum atomic E-state index is -1.79. The van der Waals surface area contributed by atoms with Crippen molar-refractivity contribution in [2.24, 2.45) is 0 Å². The Labute approximate surface area is 130 Å². The Hall–Kier alpha value is -2.17. The van der Waals surface area contributed by atoms with E-state index in [4.69, 9.17) is 0 Å². The Morgan fingerprint density at radius 3 is 1.86 bits per heavy atom. The van der Waals surface area contributed by atoms with Crippen molar-refractivity contribution in [1.29, 1.82) is 0 Å². The molecule has 116 valence electrons. The minimum absolute atomic E-state index is 0.165. The van der Waals surface area contributed by atoms with Crippen molar-refractivity contribution in [3.63, 3.8) is 0 Å². The van der Waals surface area contributed by atoms with Gasteiger partial charge in [-0.05, 0) is 17.5 Å². The van der Waals surface area contributed by atoms with E-state index in [1.165, 1.54) is 0 Å². The summed E-state index contributed by atoms with van der Waals surface area (Å²) in [6, 6.07) is 17.2. The van der Waals surface area contributed by atoms with E-state index in [0.29, 0.717) is 17.5 Å². The smallest absolute Gasteiger partial charge is 0.261 e. The zero-order chi connectivity index (χ0) is 16.0. The van der Waals surface area contributed by atoms with Crippen LogP contribution in [-0.4, -0.2) is 28.8 Å². The summed E-state index contributed by atoms with van der Waals surface area (Å²) >= 11 is 0. The molecule has 4 nitrogen and oxygen atoms in total. The third-order valence-corrected chi connectivity index (χ3v) is 3.76. The van der Waals surface area contributed by atoms with Gasteiger partial charge in [-0.3, -0.25) is 4.79 Å². The van der Waals surface area contributed by atoms with Crippen LogP contribution in [0.1, 0.15) is 24.5 Å². The van der Waals surface area contributed by atoms with Crippen LogP contribution in [0.25, 0.3) is 0 Å². The van der Waals surface area contributed by atoms with Crippen molar-refractivity contribution in [1.82, 2.24) is 5.32 Å². The average molecular weight is 299 g/mol. The molecular formula is C18H21NO3. The van der Waals surface area contributed by atoms with Crippen LogP contribution in [0, 0.1) is 0 Å². The molecule has 0 spiro atoms. The predicted octanol–water partition coefficient (Wildman–Crippen LogP) is 1.81. The molecule has 0 aliphatic carbocycles. The molecule has 0 radical (unpaired) electrons. The molecule has 22 heavy (non-hydrogen) atoms. The standard InChI is InChI=1S/C18H21NO3/c1-2-16(13-20)19-17(21)18(22,14-9-5-3-6-10-14)15-11-7-4-8-12-15/h3-12,16,20,22H,2,13H2,1H3,(H,19,21). The van der Waals surface area contributed by atoms with Crippen molar-refractivity contribution in [2.75, 3.05) is 6.61 Å². The Bertz CT molecular complexity index is 555. The largest absolute Gasteiger partial charge is 0.394 e. The first-order valence-electron chi connectivity index (χ1n) is 7.38. The van der Waals surface area contributed by atoms with E-state index in [2.05, 4.69) is 5.32 Å². The predicted molar refractivity (Wildman–Crippen MR) is 85.2 cm³/mol. The van der Waals surface area contributed by atoms with Crippen LogP contribution >= 0.6 is 0 Å². The molecule has 1 amide bonds. The summed E-state index contributed by atoms with van der Waals surface area (Å²) in [6.45, 7) is 1.70. The molecule has 2 rings (SSSR count). The van der Waals surface area contributed by atoms with Gasteiger partial charge >= 0.3 is 0 Å². The lowest BCUT2D eigenvalue weighted by Gasteiger charge is -2.29. The number of hydrogen-bond donors (Lipinski definition) is 3. The summed E-state index contributed by atoms with van der Waals surface area (Å²) in [5, 5.41) is 23.2. The van der Waals surface area contributed by atoms with Crippen LogP contribution < -0.4 is 5.32 Å². The molecule has 0 aromatic heterocycles. The third kappa shape index (κ3) is 3.18. The monoisotopic (exact) mass is 299 g/mol. The maximum absolute atomic E-state index is 12.7. The quantitative estimate of drug-likeness (QED) is 0.762. The number of hydrogen-bond acceptors (Lipinski definition) is 3. The number of rotatable bonds is 6. The second kappa shape index (κ2) is 7.20. The molecular weight excluding hydrogens is 278 g/mol. The number of nitrogens with one attached hydrogen (secondary N) is 1. The van der Waals surface area contributed by atoms with Crippen LogP contribution in [0.5, 0.6) is 0 Å². The second-order valence-electron chi connectivity index (χ2n) is 5.20. The average Bonchev–Trinajstić information content (AvgIpc) is 2.60. The molecule has 1 atom stereocenters. The number of amides is 1. The van der Waals surface area contributed by atoms with Crippen LogP contribution in [0.3, 0.4) is 0 Å². The molecule has 0 fully saturated rings. The lowest BCUT2D eigenvalue weighted by Crippen LogP contribution is -2.49. The van der Waals surface area contributed by atoms with Gasteiger partial charge in [-0.1, -0.05) is 67.6 Å². The van der Waals surface area contributed by atoms with Crippen molar-refractivity contribution >= 4 is 5.91 Å². The van der Waals surface area contributed by atoms with Crippen LogP contribution in [0.4, 0.5) is 0 Å². The van der Waals surface area contributed by atoms with Gasteiger partial charge in [0.05, 0.1) is 12.6 Å². The van der Waals surface area contributed by atoms with E-state index in [-0.39, 0.29) is 12.6 Å². The topological polar surface area (TPSA) is 69.6 Å². The number of aliphatic hydroxyl groups excluding tert-OH is 1. The van der Waals surface area contributed by atoms with Gasteiger partial charge in [0, 0.05) is 0 Å². The SMILES string of the molecule is CCC(CO)NC(=O)C(O)(c1ccccc1)c1ccccc1. The molecule has 0 heterocycles. The van der Waals surface area contributed by atoms with E-state index < -0.39 is 11.5 Å². The van der Waals surface area contributed by atoms with E-state index in [1.807, 2.05) is 19.1 Å². The molecule has 0 bridgehead atoms. The van der Waals surface area contributed by atoms with Crippen molar-refractivity contribution in [3.05, 3.63) is 71.8 Å². The maximum atomic E-state index is 12.7. The van der Waals surface area contributed by atoms with Gasteiger partial charge in [-0.2, -0.15) is 0 Å². The first kappa shape index (κ1) is 16.2. The Morgan fingerprint density at radius 1 is 1.05 bits per heavy atom. The lowest BCUT2D eigenvalue weighted by atomic mass is 9.85. The van der Waals surface area contributed by atoms with E-state index in [9.17, 15) is 15.0 Å². The fraction of sp³-hybridized carbons (Fsp3) is 0.278. The Morgan fingerprint density at radius 2 is 1.50 bits per heavy atom. The second-order valence-corrected chi connectivity index (χ2v) is 5.20. The molecule has 2 aromatic rings. The minimum Gasteiger partial charge on any atom is -0.394 e. The normalized spacial score (nSPS) is 12.7. The first-order chi connectivity index (χ1) is 10.6. The van der Waals surface area contributed by atoms with E-state index in [1.54, 1.807) is 48.5 Å². The zero-order valence-electron chi connectivity index (χ0n) is 12.6. The van der Waals surface area contributed by atoms with Crippen LogP contribution in [-0.2, 0) is 10.4 Å². The molecule has 0 saturated heterocycles. The maximum Gasteiger partial charge on any atom is 0.261 e. The first-order valence-corrected chi connectivity index (χ1v) is 7.38. The number of carbonyl (C=O) groups excluding carboxylic acids is 1. The summed E-state index contributed by atoms with van der Waals surface area (Å²) in [5.74, 6) is -0.536. The Balaban J connectivity index is 2.45. The molecule has 0 saturated carbocycles. The summed E-state index contributed by atoms with van der Waals surface area (Å²) in [7, 11) is 0. The van der Waals surface area contributed by atoms with Gasteiger partial charge in [0.1, 0.15) is 0 Å². The highest BCUT2D eigenvalue weighted by Crippen LogP contribution is 2.30. The number of benzene rings is 2. The van der Waals surface area contributed by atoms with E-state index in [0.717, 1.165) is 0 Å². The molecule has 4 heteroatoms. The highest BCUT2D eigenvalue weighted by Gasteiger charge is 2.40. The van der Waals surface area contributed by atoms with Crippen molar-refractivity contribution < 1.29 is 15.0 Å². The number of aliphatic hydroxyl groups is 2. The molecule has 1 unspecified atom stereocenters. The van der Waals surface area contributed by atoms with Gasteiger partial charge in [0.25, 0.3) is 5.91 Å². The lowest BCUT2D eigenvalue weighted by molar-refractivity contribution is -0.137. The van der Waals surface area contributed by atoms with Crippen molar-refractivity contribution in [3.8, 4) is 0 Å². The Kier molecular flexibility index (Phi) is 5.31. The van der Waals surface area contributed by atoms with Crippen LogP contribution in [0.2, 0.25) is 0 Å². The summed E-state index contributed by atoms with van der Waals surface area (Å²) < 4.78 is 0. The van der Waals surface area contributed by atoms with Crippen LogP contribution in [0.15, 0.2) is 60.7 Å². The van der Waals surface area contributed by atoms with Gasteiger partial charge in [-0.15, -0.1) is 0 Å². The highest BCUT2D eigenvalue weighted by atomic mass is 16.3. The third-order valence-electron chi connectivity index (χ3n) is 3.76. The fourth-order valence-electron chi connectivity index (χ4n) is 2.35. The fourth-order valence-corrected chi connectivity index (χ4v) is 2.35. The van der Waals surface area contributed by atoms with E-state index >= 15 is 0 Å². The molecule has 0 aliphatic heterocycles. The van der Waals surface area contributed by atoms with Gasteiger partial charge < -0.3 is 15.5 Å². The number of carbonyl (C=O) groups is 1. The van der Waals surface area contributed by atoms with Gasteiger partial charge in [0.2, 0.25) is 0 Å². The molecule has 0 aliphatic rings. The summed E-state index contributed by atoms with van der Waals surface area (Å²) in [6.07, 6.45) is 0.585. The summed E-state index contributed by atoms with van der Waals surface area (Å²) in [5.41, 5.74) is -0.802. The van der Waals surface area contributed by atoms with Gasteiger partial charge in [-0.25, -0.2) is 0 Å².